The van der Waals surface area contributed by atoms with E-state index < -0.39 is 5.97 Å². The van der Waals surface area contributed by atoms with Gasteiger partial charge in [-0.1, -0.05) is 36.9 Å². The molecule has 2 nitrogen and oxygen atoms in total. The van der Waals surface area contributed by atoms with E-state index >= 15 is 0 Å². The van der Waals surface area contributed by atoms with E-state index in [1.165, 1.54) is 12.1 Å². The summed E-state index contributed by atoms with van der Waals surface area (Å²) >= 11 is 0. The molecule has 0 saturated carbocycles. The van der Waals surface area contributed by atoms with Gasteiger partial charge in [0.1, 0.15) is 0 Å². The van der Waals surface area contributed by atoms with E-state index in [4.69, 9.17) is 0 Å². The van der Waals surface area contributed by atoms with E-state index in [0.29, 0.717) is 5.56 Å². The van der Waals surface area contributed by atoms with Crippen LogP contribution in [0.2, 0.25) is 0 Å². The number of carbonyl (C=O) groups excluding carboxylic acids is 1. The molecule has 0 heterocycles. The first-order valence-corrected chi connectivity index (χ1v) is 3.18. The molecule has 56 valence electrons. The third-order valence-electron chi connectivity index (χ3n) is 1.40. The minimum absolute atomic E-state index is 0.183. The standard InChI is InChI=1S/C9H8O2/c1-2-7-5-3-4-6-8(7)9(10)11/h2-6H,1H2,(H,10,11)/p-1. The Morgan fingerprint density at radius 2 is 2.09 bits per heavy atom. The third kappa shape index (κ3) is 1.46. The summed E-state index contributed by atoms with van der Waals surface area (Å²) in [6, 6.07) is 6.58. The zero-order chi connectivity index (χ0) is 8.27. The fourth-order valence-electron chi connectivity index (χ4n) is 0.861. The minimum Gasteiger partial charge on any atom is -0.545 e. The summed E-state index contributed by atoms with van der Waals surface area (Å²) in [5.41, 5.74) is 0.773. The highest BCUT2D eigenvalue weighted by Crippen LogP contribution is 2.07. The molecule has 2 heteroatoms. The van der Waals surface area contributed by atoms with Crippen molar-refractivity contribution in [1.29, 1.82) is 0 Å². The van der Waals surface area contributed by atoms with E-state index in [-0.39, 0.29) is 5.56 Å². The molecule has 0 atom stereocenters. The lowest BCUT2D eigenvalue weighted by atomic mass is 10.1. The molecule has 0 aliphatic rings. The number of benzene rings is 1. The van der Waals surface area contributed by atoms with Gasteiger partial charge in [0.25, 0.3) is 0 Å². The Labute approximate surface area is 64.8 Å². The van der Waals surface area contributed by atoms with Crippen LogP contribution in [0.3, 0.4) is 0 Å². The van der Waals surface area contributed by atoms with Crippen LogP contribution in [0, 0.1) is 0 Å². The van der Waals surface area contributed by atoms with Gasteiger partial charge in [-0.25, -0.2) is 0 Å². The van der Waals surface area contributed by atoms with E-state index in [0.717, 1.165) is 0 Å². The lowest BCUT2D eigenvalue weighted by Crippen LogP contribution is -2.23. The van der Waals surface area contributed by atoms with Crippen molar-refractivity contribution >= 4 is 12.0 Å². The molecule has 0 unspecified atom stereocenters. The Hall–Kier alpha value is -1.57. The summed E-state index contributed by atoms with van der Waals surface area (Å²) < 4.78 is 0. The van der Waals surface area contributed by atoms with Crippen LogP contribution in [-0.2, 0) is 0 Å². The monoisotopic (exact) mass is 147 g/mol. The summed E-state index contributed by atoms with van der Waals surface area (Å²) in [6.07, 6.45) is 1.49. The summed E-state index contributed by atoms with van der Waals surface area (Å²) in [5.74, 6) is -1.17. The third-order valence-corrected chi connectivity index (χ3v) is 1.40. The number of aromatic carboxylic acids is 1. The lowest BCUT2D eigenvalue weighted by Gasteiger charge is -2.04. The maximum absolute atomic E-state index is 10.4. The molecule has 0 N–H and O–H groups in total. The molecule has 0 fully saturated rings. The predicted octanol–water partition coefficient (Wildman–Crippen LogP) is 0.693. The number of rotatable bonds is 2. The van der Waals surface area contributed by atoms with Crippen LogP contribution in [-0.4, -0.2) is 5.97 Å². The van der Waals surface area contributed by atoms with Crippen molar-refractivity contribution < 1.29 is 9.90 Å². The van der Waals surface area contributed by atoms with Crippen molar-refractivity contribution in [2.24, 2.45) is 0 Å². The smallest absolute Gasteiger partial charge is 0.0721 e. The molecule has 0 aliphatic carbocycles. The van der Waals surface area contributed by atoms with E-state index in [1.807, 2.05) is 0 Å². The van der Waals surface area contributed by atoms with E-state index in [2.05, 4.69) is 6.58 Å². The molecular formula is C9H7O2-. The quantitative estimate of drug-likeness (QED) is 0.617. The van der Waals surface area contributed by atoms with Crippen LogP contribution in [0.4, 0.5) is 0 Å². The van der Waals surface area contributed by atoms with Gasteiger partial charge in [0, 0.05) is 5.56 Å². The van der Waals surface area contributed by atoms with Crippen molar-refractivity contribution in [3.8, 4) is 0 Å². The molecule has 0 amide bonds. The van der Waals surface area contributed by atoms with Crippen LogP contribution in [0.5, 0.6) is 0 Å². The highest BCUT2D eigenvalue weighted by molar-refractivity contribution is 5.90. The van der Waals surface area contributed by atoms with Gasteiger partial charge in [-0.3, -0.25) is 0 Å². The van der Waals surface area contributed by atoms with Gasteiger partial charge in [0.15, 0.2) is 0 Å². The molecule has 1 rings (SSSR count). The predicted molar refractivity (Wildman–Crippen MR) is 40.9 cm³/mol. The highest BCUT2D eigenvalue weighted by atomic mass is 16.4. The molecule has 0 aliphatic heterocycles. The Bertz CT molecular complexity index is 289. The highest BCUT2D eigenvalue weighted by Gasteiger charge is 1.96. The number of carboxylic acid groups (broad SMARTS) is 1. The van der Waals surface area contributed by atoms with Gasteiger partial charge < -0.3 is 9.90 Å². The topological polar surface area (TPSA) is 40.1 Å². The Balaban J connectivity index is 3.22. The summed E-state index contributed by atoms with van der Waals surface area (Å²) in [7, 11) is 0. The van der Waals surface area contributed by atoms with Gasteiger partial charge in [0.05, 0.1) is 5.97 Å². The molecular weight excluding hydrogens is 140 g/mol. The molecule has 0 spiro atoms. The molecule has 0 radical (unpaired) electrons. The summed E-state index contributed by atoms with van der Waals surface area (Å²) in [6.45, 7) is 3.48. The Morgan fingerprint density at radius 1 is 1.45 bits per heavy atom. The number of hydrogen-bond acceptors (Lipinski definition) is 2. The number of carboxylic acids is 1. The van der Waals surface area contributed by atoms with E-state index in [1.54, 1.807) is 18.2 Å². The Morgan fingerprint density at radius 3 is 2.55 bits per heavy atom. The average Bonchev–Trinajstić information content (AvgIpc) is 2.04. The molecule has 11 heavy (non-hydrogen) atoms. The van der Waals surface area contributed by atoms with Crippen molar-refractivity contribution in [3.63, 3.8) is 0 Å². The zero-order valence-electron chi connectivity index (χ0n) is 5.91. The summed E-state index contributed by atoms with van der Waals surface area (Å²) in [5, 5.41) is 10.4. The molecule has 0 aromatic heterocycles. The second-order valence-corrected chi connectivity index (χ2v) is 2.08. The molecule has 0 bridgehead atoms. The maximum Gasteiger partial charge on any atom is 0.0721 e. The maximum atomic E-state index is 10.4. The second kappa shape index (κ2) is 3.01. The molecule has 1 aromatic carbocycles. The fraction of sp³-hybridized carbons (Fsp3) is 0. The normalized spacial score (nSPS) is 9.09. The van der Waals surface area contributed by atoms with Crippen LogP contribution in [0.25, 0.3) is 6.08 Å². The average molecular weight is 147 g/mol. The SMILES string of the molecule is C=Cc1ccccc1C(=O)[O-]. The lowest BCUT2D eigenvalue weighted by molar-refractivity contribution is -0.255. The van der Waals surface area contributed by atoms with Gasteiger partial charge in [-0.15, -0.1) is 0 Å². The van der Waals surface area contributed by atoms with Gasteiger partial charge in [0.2, 0.25) is 0 Å². The van der Waals surface area contributed by atoms with Crippen molar-refractivity contribution in [2.75, 3.05) is 0 Å². The van der Waals surface area contributed by atoms with Crippen LogP contribution in [0.1, 0.15) is 15.9 Å². The van der Waals surface area contributed by atoms with Crippen molar-refractivity contribution in [1.82, 2.24) is 0 Å². The fourth-order valence-corrected chi connectivity index (χ4v) is 0.861. The number of hydrogen-bond donors (Lipinski definition) is 0. The zero-order valence-corrected chi connectivity index (χ0v) is 5.91. The number of carbonyl (C=O) groups is 1. The second-order valence-electron chi connectivity index (χ2n) is 2.08. The van der Waals surface area contributed by atoms with Gasteiger partial charge in [-0.05, 0) is 5.56 Å². The molecule has 1 aromatic rings. The van der Waals surface area contributed by atoms with Crippen LogP contribution >= 0.6 is 0 Å². The first-order valence-electron chi connectivity index (χ1n) is 3.18. The van der Waals surface area contributed by atoms with E-state index in [9.17, 15) is 9.90 Å². The largest absolute Gasteiger partial charge is 0.545 e. The van der Waals surface area contributed by atoms with Crippen molar-refractivity contribution in [3.05, 3.63) is 42.0 Å². The van der Waals surface area contributed by atoms with Gasteiger partial charge in [-0.2, -0.15) is 0 Å². The Kier molecular flexibility index (Phi) is 2.06. The van der Waals surface area contributed by atoms with Gasteiger partial charge >= 0.3 is 0 Å². The summed E-state index contributed by atoms with van der Waals surface area (Å²) in [4.78, 5) is 10.4. The van der Waals surface area contributed by atoms with Crippen LogP contribution < -0.4 is 5.11 Å². The first kappa shape index (κ1) is 7.54. The van der Waals surface area contributed by atoms with Crippen molar-refractivity contribution in [2.45, 2.75) is 0 Å². The minimum atomic E-state index is -1.17. The molecule has 0 saturated heterocycles. The first-order chi connectivity index (χ1) is 5.25. The van der Waals surface area contributed by atoms with Crippen LogP contribution in [0.15, 0.2) is 30.8 Å².